The van der Waals surface area contributed by atoms with Crippen LogP contribution in [0.25, 0.3) is 0 Å². The molecule has 0 unspecified atom stereocenters. The standard InChI is InChI=1S/C17H21N3O5/c1-10(2)24-14-8-7-12(17(22)23)9-13(14)19-15(21)5-4-6-16-18-11(3)20-25-16/h7-10H,4-6H2,1-3H3,(H,19,21)(H,22,23). The van der Waals surface area contributed by atoms with Gasteiger partial charge in [-0.1, -0.05) is 5.16 Å². The number of carboxylic acids is 1. The summed E-state index contributed by atoms with van der Waals surface area (Å²) in [7, 11) is 0. The summed E-state index contributed by atoms with van der Waals surface area (Å²) in [5, 5.41) is 15.5. The van der Waals surface area contributed by atoms with Crippen LogP contribution >= 0.6 is 0 Å². The number of ether oxygens (including phenoxy) is 1. The summed E-state index contributed by atoms with van der Waals surface area (Å²) in [6.45, 7) is 5.43. The molecule has 1 heterocycles. The molecular formula is C17H21N3O5. The fourth-order valence-corrected chi connectivity index (χ4v) is 2.17. The van der Waals surface area contributed by atoms with Gasteiger partial charge in [-0.2, -0.15) is 4.98 Å². The molecule has 1 amide bonds. The van der Waals surface area contributed by atoms with Crippen molar-refractivity contribution in [1.82, 2.24) is 10.1 Å². The summed E-state index contributed by atoms with van der Waals surface area (Å²) in [6.07, 6.45) is 1.16. The van der Waals surface area contributed by atoms with E-state index in [0.29, 0.717) is 36.0 Å². The highest BCUT2D eigenvalue weighted by molar-refractivity contribution is 5.95. The first kappa shape index (κ1) is 18.4. The predicted octanol–water partition coefficient (Wildman–Crippen LogP) is 2.82. The van der Waals surface area contributed by atoms with Crippen molar-refractivity contribution in [1.29, 1.82) is 0 Å². The van der Waals surface area contributed by atoms with E-state index in [2.05, 4.69) is 15.5 Å². The first-order chi connectivity index (χ1) is 11.8. The van der Waals surface area contributed by atoms with E-state index >= 15 is 0 Å². The third-order valence-corrected chi connectivity index (χ3v) is 3.23. The van der Waals surface area contributed by atoms with Crippen LogP contribution in [0, 0.1) is 6.92 Å². The van der Waals surface area contributed by atoms with E-state index < -0.39 is 5.97 Å². The van der Waals surface area contributed by atoms with E-state index in [-0.39, 0.29) is 24.0 Å². The number of carbonyl (C=O) groups excluding carboxylic acids is 1. The molecule has 0 aliphatic rings. The number of aromatic nitrogens is 2. The summed E-state index contributed by atoms with van der Waals surface area (Å²) < 4.78 is 10.6. The third-order valence-electron chi connectivity index (χ3n) is 3.23. The van der Waals surface area contributed by atoms with Gasteiger partial charge in [-0.25, -0.2) is 4.79 Å². The van der Waals surface area contributed by atoms with Gasteiger partial charge < -0.3 is 19.7 Å². The Morgan fingerprint density at radius 2 is 2.12 bits per heavy atom. The van der Waals surface area contributed by atoms with Crippen molar-refractivity contribution in [3.8, 4) is 5.75 Å². The molecule has 0 spiro atoms. The van der Waals surface area contributed by atoms with Crippen molar-refractivity contribution < 1.29 is 24.0 Å². The molecule has 0 aliphatic heterocycles. The molecule has 8 heteroatoms. The number of carbonyl (C=O) groups is 2. The Bertz CT molecular complexity index is 754. The van der Waals surface area contributed by atoms with Gasteiger partial charge in [-0.3, -0.25) is 4.79 Å². The molecule has 0 aliphatic carbocycles. The zero-order valence-electron chi connectivity index (χ0n) is 14.4. The summed E-state index contributed by atoms with van der Waals surface area (Å²) >= 11 is 0. The van der Waals surface area contributed by atoms with Crippen LogP contribution in [-0.2, 0) is 11.2 Å². The van der Waals surface area contributed by atoms with Crippen molar-refractivity contribution >= 4 is 17.6 Å². The van der Waals surface area contributed by atoms with Crippen molar-refractivity contribution in [2.24, 2.45) is 0 Å². The van der Waals surface area contributed by atoms with E-state index in [0.717, 1.165) is 0 Å². The molecule has 8 nitrogen and oxygen atoms in total. The fourth-order valence-electron chi connectivity index (χ4n) is 2.17. The second-order valence-electron chi connectivity index (χ2n) is 5.82. The minimum absolute atomic E-state index is 0.0766. The molecule has 0 fully saturated rings. The number of nitrogens with zero attached hydrogens (tertiary/aromatic N) is 2. The highest BCUT2D eigenvalue weighted by Gasteiger charge is 2.13. The summed E-state index contributed by atoms with van der Waals surface area (Å²) in [5.74, 6) is 0.161. The molecule has 1 aromatic carbocycles. The number of hydrogen-bond acceptors (Lipinski definition) is 6. The van der Waals surface area contributed by atoms with Gasteiger partial charge in [-0.05, 0) is 45.4 Å². The van der Waals surface area contributed by atoms with Crippen LogP contribution in [0.5, 0.6) is 5.75 Å². The zero-order valence-corrected chi connectivity index (χ0v) is 14.4. The molecule has 0 saturated carbocycles. The molecule has 1 aromatic heterocycles. The SMILES string of the molecule is Cc1noc(CCCC(=O)Nc2cc(C(=O)O)ccc2OC(C)C)n1. The predicted molar refractivity (Wildman–Crippen MR) is 89.8 cm³/mol. The molecule has 2 rings (SSSR count). The van der Waals surface area contributed by atoms with E-state index in [1.54, 1.807) is 13.0 Å². The van der Waals surface area contributed by atoms with Crippen LogP contribution < -0.4 is 10.1 Å². The first-order valence-corrected chi connectivity index (χ1v) is 7.98. The lowest BCUT2D eigenvalue weighted by Crippen LogP contribution is -2.15. The number of hydrogen-bond donors (Lipinski definition) is 2. The zero-order chi connectivity index (χ0) is 18.4. The van der Waals surface area contributed by atoms with E-state index in [1.807, 2.05) is 13.8 Å². The largest absolute Gasteiger partial charge is 0.489 e. The number of amides is 1. The van der Waals surface area contributed by atoms with Gasteiger partial charge >= 0.3 is 5.97 Å². The Morgan fingerprint density at radius 1 is 1.36 bits per heavy atom. The second-order valence-corrected chi connectivity index (χ2v) is 5.82. The van der Waals surface area contributed by atoms with Gasteiger partial charge in [0.05, 0.1) is 17.4 Å². The van der Waals surface area contributed by atoms with E-state index in [4.69, 9.17) is 14.4 Å². The molecule has 2 aromatic rings. The normalized spacial score (nSPS) is 10.7. The van der Waals surface area contributed by atoms with Crippen molar-refractivity contribution in [3.05, 3.63) is 35.5 Å². The highest BCUT2D eigenvalue weighted by Crippen LogP contribution is 2.27. The van der Waals surface area contributed by atoms with Gasteiger partial charge in [-0.15, -0.1) is 0 Å². The van der Waals surface area contributed by atoms with Gasteiger partial charge in [0, 0.05) is 12.8 Å². The van der Waals surface area contributed by atoms with Crippen molar-refractivity contribution in [3.63, 3.8) is 0 Å². The second kappa shape index (κ2) is 8.27. The lowest BCUT2D eigenvalue weighted by Gasteiger charge is -2.15. The van der Waals surface area contributed by atoms with Gasteiger partial charge in [0.2, 0.25) is 11.8 Å². The molecule has 0 bridgehead atoms. The monoisotopic (exact) mass is 347 g/mol. The first-order valence-electron chi connectivity index (χ1n) is 7.98. The minimum atomic E-state index is -1.07. The molecule has 0 radical (unpaired) electrons. The quantitative estimate of drug-likeness (QED) is 0.754. The summed E-state index contributed by atoms with van der Waals surface area (Å²) in [5.41, 5.74) is 0.417. The van der Waals surface area contributed by atoms with E-state index in [1.165, 1.54) is 12.1 Å². The lowest BCUT2D eigenvalue weighted by molar-refractivity contribution is -0.116. The summed E-state index contributed by atoms with van der Waals surface area (Å²) in [6, 6.07) is 4.37. The molecule has 2 N–H and O–H groups in total. The van der Waals surface area contributed by atoms with Crippen LogP contribution in [0.1, 0.15) is 48.8 Å². The Labute approximate surface area is 145 Å². The Hall–Kier alpha value is -2.90. The maximum absolute atomic E-state index is 12.1. The van der Waals surface area contributed by atoms with Crippen molar-refractivity contribution in [2.45, 2.75) is 46.1 Å². The topological polar surface area (TPSA) is 115 Å². The Morgan fingerprint density at radius 3 is 2.72 bits per heavy atom. The molecule has 25 heavy (non-hydrogen) atoms. The lowest BCUT2D eigenvalue weighted by atomic mass is 10.1. The van der Waals surface area contributed by atoms with Crippen LogP contribution in [0.15, 0.2) is 22.7 Å². The van der Waals surface area contributed by atoms with Gasteiger partial charge in [0.25, 0.3) is 0 Å². The Balaban J connectivity index is 1.99. The van der Waals surface area contributed by atoms with Crippen LogP contribution in [0.4, 0.5) is 5.69 Å². The average molecular weight is 347 g/mol. The number of anilines is 1. The summed E-state index contributed by atoms with van der Waals surface area (Å²) in [4.78, 5) is 27.3. The average Bonchev–Trinajstić information content (AvgIpc) is 2.93. The molecular weight excluding hydrogens is 326 g/mol. The molecule has 0 atom stereocenters. The van der Waals surface area contributed by atoms with Crippen LogP contribution in [0.2, 0.25) is 0 Å². The third kappa shape index (κ3) is 5.59. The number of nitrogens with one attached hydrogen (secondary N) is 1. The number of aromatic carboxylic acids is 1. The van der Waals surface area contributed by atoms with Crippen molar-refractivity contribution in [2.75, 3.05) is 5.32 Å². The van der Waals surface area contributed by atoms with Gasteiger partial charge in [0.1, 0.15) is 5.75 Å². The van der Waals surface area contributed by atoms with Gasteiger partial charge in [0.15, 0.2) is 5.82 Å². The number of carboxylic acid groups (broad SMARTS) is 1. The molecule has 134 valence electrons. The smallest absolute Gasteiger partial charge is 0.335 e. The number of rotatable bonds is 8. The number of benzene rings is 1. The maximum atomic E-state index is 12.1. The van der Waals surface area contributed by atoms with Crippen LogP contribution in [0.3, 0.4) is 0 Å². The van der Waals surface area contributed by atoms with Crippen LogP contribution in [-0.4, -0.2) is 33.2 Å². The fraction of sp³-hybridized carbons (Fsp3) is 0.412. The number of aryl methyl sites for hydroxylation is 2. The molecule has 0 saturated heterocycles. The Kier molecular flexibility index (Phi) is 6.10. The van der Waals surface area contributed by atoms with E-state index in [9.17, 15) is 9.59 Å². The highest BCUT2D eigenvalue weighted by atomic mass is 16.5. The maximum Gasteiger partial charge on any atom is 0.335 e. The minimum Gasteiger partial charge on any atom is -0.489 e.